The van der Waals surface area contributed by atoms with Gasteiger partial charge in [0.1, 0.15) is 5.82 Å². The Morgan fingerprint density at radius 1 is 1.48 bits per heavy atom. The molecule has 0 atom stereocenters. The molecule has 0 bridgehead atoms. The highest BCUT2D eigenvalue weighted by Gasteiger charge is 2.19. The van der Waals surface area contributed by atoms with E-state index in [2.05, 4.69) is 20.2 Å². The summed E-state index contributed by atoms with van der Waals surface area (Å²) in [4.78, 5) is 21.2. The molecule has 1 aliphatic heterocycles. The molecule has 0 fully saturated rings. The van der Waals surface area contributed by atoms with Crippen LogP contribution in [0.2, 0.25) is 0 Å². The number of hydroxylamine groups is 1. The lowest BCUT2D eigenvalue weighted by Crippen LogP contribution is -2.24. The third-order valence-electron chi connectivity index (χ3n) is 3.71. The maximum Gasteiger partial charge on any atom is 0.274 e. The van der Waals surface area contributed by atoms with Crippen molar-refractivity contribution in [3.05, 3.63) is 41.2 Å². The van der Waals surface area contributed by atoms with Crippen LogP contribution in [0.4, 0.5) is 0 Å². The van der Waals surface area contributed by atoms with Crippen molar-refractivity contribution in [2.24, 2.45) is 7.05 Å². The van der Waals surface area contributed by atoms with Crippen molar-refractivity contribution in [1.82, 2.24) is 20.3 Å². The summed E-state index contributed by atoms with van der Waals surface area (Å²) in [5.74, 6) is 0.621. The number of carbonyl (C=O) groups excluding carboxylic acids is 1. The SMILES string of the molecule is CONC(=O)c1cccc(-c2nc3c(n2C)CNCC3)c1. The van der Waals surface area contributed by atoms with Crippen LogP contribution >= 0.6 is 0 Å². The second kappa shape index (κ2) is 5.67. The first-order valence-corrected chi connectivity index (χ1v) is 6.89. The highest BCUT2D eigenvalue weighted by molar-refractivity contribution is 5.94. The number of fused-ring (bicyclic) bond motifs is 1. The number of imidazole rings is 1. The molecule has 0 unspecified atom stereocenters. The number of hydrogen-bond donors (Lipinski definition) is 2. The maximum absolute atomic E-state index is 11.8. The van der Waals surface area contributed by atoms with E-state index >= 15 is 0 Å². The molecule has 1 aromatic heterocycles. The van der Waals surface area contributed by atoms with E-state index in [1.807, 2.05) is 25.2 Å². The minimum Gasteiger partial charge on any atom is -0.330 e. The number of aromatic nitrogens is 2. The van der Waals surface area contributed by atoms with Crippen LogP contribution in [0, 0.1) is 0 Å². The number of rotatable bonds is 3. The summed E-state index contributed by atoms with van der Waals surface area (Å²) in [5, 5.41) is 3.35. The fourth-order valence-corrected chi connectivity index (χ4v) is 2.63. The van der Waals surface area contributed by atoms with Crippen molar-refractivity contribution in [1.29, 1.82) is 0 Å². The van der Waals surface area contributed by atoms with Crippen molar-refractivity contribution in [2.45, 2.75) is 13.0 Å². The molecule has 1 amide bonds. The first kappa shape index (κ1) is 13.8. The number of hydrogen-bond acceptors (Lipinski definition) is 4. The van der Waals surface area contributed by atoms with Gasteiger partial charge in [0, 0.05) is 37.7 Å². The summed E-state index contributed by atoms with van der Waals surface area (Å²) in [6.45, 7) is 1.79. The van der Waals surface area contributed by atoms with Crippen LogP contribution in [-0.4, -0.2) is 29.1 Å². The molecule has 0 saturated heterocycles. The molecular formula is C15H18N4O2. The number of benzene rings is 1. The Morgan fingerprint density at radius 2 is 2.33 bits per heavy atom. The minimum atomic E-state index is -0.264. The minimum absolute atomic E-state index is 0.264. The van der Waals surface area contributed by atoms with E-state index in [0.717, 1.165) is 36.6 Å². The van der Waals surface area contributed by atoms with Gasteiger partial charge in [-0.15, -0.1) is 0 Å². The molecule has 2 aromatic rings. The van der Waals surface area contributed by atoms with Gasteiger partial charge in [-0.1, -0.05) is 12.1 Å². The normalized spacial score (nSPS) is 13.8. The number of amides is 1. The van der Waals surface area contributed by atoms with Crippen molar-refractivity contribution in [3.63, 3.8) is 0 Å². The number of nitrogens with zero attached hydrogens (tertiary/aromatic N) is 2. The van der Waals surface area contributed by atoms with E-state index in [4.69, 9.17) is 4.98 Å². The van der Waals surface area contributed by atoms with Gasteiger partial charge in [0.25, 0.3) is 5.91 Å². The van der Waals surface area contributed by atoms with Crippen LogP contribution < -0.4 is 10.8 Å². The van der Waals surface area contributed by atoms with Gasteiger partial charge in [0.2, 0.25) is 0 Å². The maximum atomic E-state index is 11.8. The monoisotopic (exact) mass is 286 g/mol. The quantitative estimate of drug-likeness (QED) is 0.827. The molecule has 1 aromatic carbocycles. The molecule has 21 heavy (non-hydrogen) atoms. The average Bonchev–Trinajstić information content (AvgIpc) is 2.85. The fourth-order valence-electron chi connectivity index (χ4n) is 2.63. The summed E-state index contributed by atoms with van der Waals surface area (Å²) in [5.41, 5.74) is 6.15. The molecule has 0 radical (unpaired) electrons. The summed E-state index contributed by atoms with van der Waals surface area (Å²) in [6, 6.07) is 7.40. The van der Waals surface area contributed by atoms with Crippen molar-refractivity contribution < 1.29 is 9.63 Å². The summed E-state index contributed by atoms with van der Waals surface area (Å²) in [6.07, 6.45) is 0.938. The second-order valence-electron chi connectivity index (χ2n) is 5.03. The highest BCUT2D eigenvalue weighted by Crippen LogP contribution is 2.24. The predicted molar refractivity (Wildman–Crippen MR) is 78.5 cm³/mol. The van der Waals surface area contributed by atoms with E-state index in [1.165, 1.54) is 12.8 Å². The lowest BCUT2D eigenvalue weighted by Gasteiger charge is -2.13. The smallest absolute Gasteiger partial charge is 0.274 e. The lowest BCUT2D eigenvalue weighted by atomic mass is 10.1. The lowest BCUT2D eigenvalue weighted by molar-refractivity contribution is 0.0537. The Kier molecular flexibility index (Phi) is 3.72. The predicted octanol–water partition coefficient (Wildman–Crippen LogP) is 1.02. The zero-order chi connectivity index (χ0) is 14.8. The van der Waals surface area contributed by atoms with Gasteiger partial charge < -0.3 is 9.88 Å². The van der Waals surface area contributed by atoms with Gasteiger partial charge >= 0.3 is 0 Å². The first-order chi connectivity index (χ1) is 10.2. The Hall–Kier alpha value is -2.18. The third kappa shape index (κ3) is 2.55. The van der Waals surface area contributed by atoms with Gasteiger partial charge in [0.15, 0.2) is 0 Å². The molecule has 6 nitrogen and oxygen atoms in total. The molecule has 6 heteroatoms. The molecule has 2 heterocycles. The molecule has 2 N–H and O–H groups in total. The summed E-state index contributed by atoms with van der Waals surface area (Å²) >= 11 is 0. The van der Waals surface area contributed by atoms with Crippen LogP contribution in [0.3, 0.4) is 0 Å². The van der Waals surface area contributed by atoms with Crippen molar-refractivity contribution in [2.75, 3.05) is 13.7 Å². The summed E-state index contributed by atoms with van der Waals surface area (Å²) in [7, 11) is 3.43. The molecule has 110 valence electrons. The topological polar surface area (TPSA) is 68.2 Å². The Labute approximate surface area is 123 Å². The van der Waals surface area contributed by atoms with Gasteiger partial charge in [-0.2, -0.15) is 0 Å². The van der Waals surface area contributed by atoms with E-state index in [-0.39, 0.29) is 5.91 Å². The van der Waals surface area contributed by atoms with Gasteiger partial charge in [-0.05, 0) is 12.1 Å². The molecule has 0 spiro atoms. The largest absolute Gasteiger partial charge is 0.330 e. The van der Waals surface area contributed by atoms with Crippen LogP contribution in [0.25, 0.3) is 11.4 Å². The molecule has 1 aliphatic rings. The molecule has 3 rings (SSSR count). The van der Waals surface area contributed by atoms with Crippen molar-refractivity contribution in [3.8, 4) is 11.4 Å². The summed E-state index contributed by atoms with van der Waals surface area (Å²) < 4.78 is 2.09. The zero-order valence-corrected chi connectivity index (χ0v) is 12.1. The fraction of sp³-hybridized carbons (Fsp3) is 0.333. The average molecular weight is 286 g/mol. The van der Waals surface area contributed by atoms with Crippen molar-refractivity contribution >= 4 is 5.91 Å². The molecular weight excluding hydrogens is 268 g/mol. The highest BCUT2D eigenvalue weighted by atomic mass is 16.6. The number of carbonyl (C=O) groups is 1. The van der Waals surface area contributed by atoms with Crippen LogP contribution in [-0.2, 0) is 24.9 Å². The standard InChI is InChI=1S/C15H18N4O2/c1-19-13-9-16-7-6-12(13)17-14(19)10-4-3-5-11(8-10)15(20)18-21-2/h3-5,8,16H,6-7,9H2,1-2H3,(H,18,20). The third-order valence-corrected chi connectivity index (χ3v) is 3.71. The molecule has 0 aliphatic carbocycles. The second-order valence-corrected chi connectivity index (χ2v) is 5.03. The Morgan fingerprint density at radius 3 is 3.10 bits per heavy atom. The van der Waals surface area contributed by atoms with E-state index in [9.17, 15) is 4.79 Å². The Balaban J connectivity index is 1.99. The van der Waals surface area contributed by atoms with Gasteiger partial charge in [0.05, 0.1) is 18.5 Å². The van der Waals surface area contributed by atoms with Gasteiger partial charge in [-0.3, -0.25) is 9.63 Å². The van der Waals surface area contributed by atoms with E-state index in [1.54, 1.807) is 6.07 Å². The zero-order valence-electron chi connectivity index (χ0n) is 12.1. The van der Waals surface area contributed by atoms with E-state index in [0.29, 0.717) is 5.56 Å². The van der Waals surface area contributed by atoms with E-state index < -0.39 is 0 Å². The van der Waals surface area contributed by atoms with Gasteiger partial charge in [-0.25, -0.2) is 10.5 Å². The van der Waals surface area contributed by atoms with Crippen LogP contribution in [0.5, 0.6) is 0 Å². The van der Waals surface area contributed by atoms with Crippen LogP contribution in [0.15, 0.2) is 24.3 Å². The Bertz CT molecular complexity index is 678. The van der Waals surface area contributed by atoms with Crippen LogP contribution in [0.1, 0.15) is 21.7 Å². The molecule has 0 saturated carbocycles. The number of nitrogens with one attached hydrogen (secondary N) is 2. The first-order valence-electron chi connectivity index (χ1n) is 6.89.